The van der Waals surface area contributed by atoms with Crippen molar-refractivity contribution in [1.82, 2.24) is 0 Å². The van der Waals surface area contributed by atoms with E-state index in [9.17, 15) is 9.59 Å². The molecule has 0 aliphatic carbocycles. The average molecular weight is 185 g/mol. The van der Waals surface area contributed by atoms with E-state index in [2.05, 4.69) is 11.3 Å². The van der Waals surface area contributed by atoms with Gasteiger partial charge in [-0.15, -0.1) is 0 Å². The highest BCUT2D eigenvalue weighted by Gasteiger charge is 2.16. The number of ether oxygens (including phenoxy) is 1. The summed E-state index contributed by atoms with van der Waals surface area (Å²) in [6, 6.07) is -0.705. The molecule has 0 bridgehead atoms. The van der Waals surface area contributed by atoms with E-state index in [0.717, 1.165) is 18.9 Å². The molecule has 1 atom stereocenters. The second-order valence-electron chi connectivity index (χ2n) is 2.69. The summed E-state index contributed by atoms with van der Waals surface area (Å²) in [5, 5.41) is 0. The topological polar surface area (TPSA) is 69.4 Å². The van der Waals surface area contributed by atoms with Crippen molar-refractivity contribution < 1.29 is 14.3 Å². The SMILES string of the molecule is C=CC(=O)OC(=O)C(N)CCCC. The van der Waals surface area contributed by atoms with Crippen molar-refractivity contribution in [2.24, 2.45) is 5.73 Å². The first-order valence-electron chi connectivity index (χ1n) is 4.25. The van der Waals surface area contributed by atoms with Crippen molar-refractivity contribution in [3.8, 4) is 0 Å². The van der Waals surface area contributed by atoms with E-state index < -0.39 is 18.0 Å². The summed E-state index contributed by atoms with van der Waals surface area (Å²) in [5.74, 6) is -1.43. The monoisotopic (exact) mass is 185 g/mol. The number of rotatable bonds is 5. The van der Waals surface area contributed by atoms with Crippen LogP contribution >= 0.6 is 0 Å². The molecule has 0 amide bonds. The van der Waals surface area contributed by atoms with Crippen LogP contribution in [0.3, 0.4) is 0 Å². The Morgan fingerprint density at radius 2 is 2.23 bits per heavy atom. The highest BCUT2D eigenvalue weighted by Crippen LogP contribution is 2.00. The zero-order chi connectivity index (χ0) is 10.3. The van der Waals surface area contributed by atoms with Gasteiger partial charge in [-0.25, -0.2) is 9.59 Å². The summed E-state index contributed by atoms with van der Waals surface area (Å²) in [4.78, 5) is 21.6. The molecule has 2 N–H and O–H groups in total. The summed E-state index contributed by atoms with van der Waals surface area (Å²) in [7, 11) is 0. The van der Waals surface area contributed by atoms with Gasteiger partial charge in [-0.2, -0.15) is 0 Å². The van der Waals surface area contributed by atoms with Crippen LogP contribution in [0.5, 0.6) is 0 Å². The maximum absolute atomic E-state index is 11.0. The quantitative estimate of drug-likeness (QED) is 0.390. The summed E-state index contributed by atoms with van der Waals surface area (Å²) >= 11 is 0. The molecule has 0 spiro atoms. The van der Waals surface area contributed by atoms with Gasteiger partial charge in [0.2, 0.25) is 0 Å². The molecule has 0 aromatic carbocycles. The van der Waals surface area contributed by atoms with E-state index in [1.807, 2.05) is 6.92 Å². The minimum Gasteiger partial charge on any atom is -0.389 e. The molecule has 0 saturated carbocycles. The Bertz CT molecular complexity index is 201. The van der Waals surface area contributed by atoms with Crippen LogP contribution in [0.25, 0.3) is 0 Å². The summed E-state index contributed by atoms with van der Waals surface area (Å²) in [6.07, 6.45) is 3.28. The minimum absolute atomic E-state index is 0.541. The van der Waals surface area contributed by atoms with Gasteiger partial charge in [-0.3, -0.25) is 0 Å². The van der Waals surface area contributed by atoms with Gasteiger partial charge in [0.05, 0.1) is 0 Å². The Morgan fingerprint density at radius 3 is 2.69 bits per heavy atom. The van der Waals surface area contributed by atoms with Crippen molar-refractivity contribution >= 4 is 11.9 Å². The molecule has 13 heavy (non-hydrogen) atoms. The van der Waals surface area contributed by atoms with Crippen LogP contribution in [-0.2, 0) is 14.3 Å². The fraction of sp³-hybridized carbons (Fsp3) is 0.556. The first-order chi connectivity index (χ1) is 6.11. The summed E-state index contributed by atoms with van der Waals surface area (Å²) in [5.41, 5.74) is 5.45. The number of carbonyl (C=O) groups excluding carboxylic acids is 2. The Kier molecular flexibility index (Phi) is 5.80. The van der Waals surface area contributed by atoms with Crippen LogP contribution in [0.2, 0.25) is 0 Å². The molecule has 0 heterocycles. The Labute approximate surface area is 77.7 Å². The van der Waals surface area contributed by atoms with Crippen LogP contribution < -0.4 is 5.73 Å². The van der Waals surface area contributed by atoms with Gasteiger partial charge in [0.1, 0.15) is 6.04 Å². The first-order valence-corrected chi connectivity index (χ1v) is 4.25. The number of hydrogen-bond acceptors (Lipinski definition) is 4. The number of nitrogens with two attached hydrogens (primary N) is 1. The van der Waals surface area contributed by atoms with Crippen LogP contribution in [0.15, 0.2) is 12.7 Å². The lowest BCUT2D eigenvalue weighted by molar-refractivity contribution is -0.157. The van der Waals surface area contributed by atoms with Gasteiger partial charge in [0.15, 0.2) is 0 Å². The van der Waals surface area contributed by atoms with Crippen LogP contribution in [0.1, 0.15) is 26.2 Å². The van der Waals surface area contributed by atoms with Crippen molar-refractivity contribution in [2.75, 3.05) is 0 Å². The molecule has 0 radical (unpaired) electrons. The molecule has 0 aliphatic heterocycles. The van der Waals surface area contributed by atoms with Crippen molar-refractivity contribution in [3.05, 3.63) is 12.7 Å². The lowest BCUT2D eigenvalue weighted by atomic mass is 10.1. The minimum atomic E-state index is -0.753. The molecule has 1 unspecified atom stereocenters. The standard InChI is InChI=1S/C9H15NO3/c1-3-5-6-7(10)9(12)13-8(11)4-2/h4,7H,2-3,5-6,10H2,1H3. The molecule has 0 rings (SSSR count). The Morgan fingerprint density at radius 1 is 1.62 bits per heavy atom. The Balaban J connectivity index is 3.81. The predicted octanol–water partition coefficient (Wildman–Crippen LogP) is 0.760. The lowest BCUT2D eigenvalue weighted by Gasteiger charge is -2.07. The smallest absolute Gasteiger partial charge is 0.337 e. The molecular formula is C9H15NO3. The van der Waals surface area contributed by atoms with Crippen LogP contribution in [0.4, 0.5) is 0 Å². The van der Waals surface area contributed by atoms with Crippen LogP contribution in [0, 0.1) is 0 Å². The van der Waals surface area contributed by atoms with E-state index in [0.29, 0.717) is 6.42 Å². The second kappa shape index (κ2) is 6.37. The van der Waals surface area contributed by atoms with E-state index >= 15 is 0 Å². The van der Waals surface area contributed by atoms with Gasteiger partial charge in [0.25, 0.3) is 0 Å². The highest BCUT2D eigenvalue weighted by atomic mass is 16.6. The van der Waals surface area contributed by atoms with Crippen molar-refractivity contribution in [3.63, 3.8) is 0 Å². The summed E-state index contributed by atoms with van der Waals surface area (Å²) < 4.78 is 4.34. The number of unbranched alkanes of at least 4 members (excludes halogenated alkanes) is 1. The van der Waals surface area contributed by atoms with E-state index in [-0.39, 0.29) is 0 Å². The van der Waals surface area contributed by atoms with Gasteiger partial charge >= 0.3 is 11.9 Å². The van der Waals surface area contributed by atoms with Gasteiger partial charge in [0, 0.05) is 6.08 Å². The third kappa shape index (κ3) is 5.14. The molecule has 0 fully saturated rings. The first kappa shape index (κ1) is 11.8. The maximum atomic E-state index is 11.0. The van der Waals surface area contributed by atoms with E-state index in [1.165, 1.54) is 0 Å². The highest BCUT2D eigenvalue weighted by molar-refractivity contribution is 5.93. The van der Waals surface area contributed by atoms with E-state index in [1.54, 1.807) is 0 Å². The third-order valence-electron chi connectivity index (χ3n) is 1.54. The molecule has 4 heteroatoms. The molecular weight excluding hydrogens is 170 g/mol. The average Bonchev–Trinajstić information content (AvgIpc) is 2.13. The zero-order valence-electron chi connectivity index (χ0n) is 7.79. The lowest BCUT2D eigenvalue weighted by Crippen LogP contribution is -2.33. The normalized spacial score (nSPS) is 11.8. The predicted molar refractivity (Wildman–Crippen MR) is 48.8 cm³/mol. The van der Waals surface area contributed by atoms with Crippen molar-refractivity contribution in [2.45, 2.75) is 32.2 Å². The molecule has 0 saturated heterocycles. The van der Waals surface area contributed by atoms with E-state index in [4.69, 9.17) is 5.73 Å². The van der Waals surface area contributed by atoms with Crippen LogP contribution in [-0.4, -0.2) is 18.0 Å². The third-order valence-corrected chi connectivity index (χ3v) is 1.54. The molecule has 0 aliphatic rings. The largest absolute Gasteiger partial charge is 0.389 e. The fourth-order valence-electron chi connectivity index (χ4n) is 0.758. The fourth-order valence-corrected chi connectivity index (χ4v) is 0.758. The van der Waals surface area contributed by atoms with Gasteiger partial charge in [-0.05, 0) is 6.42 Å². The van der Waals surface area contributed by atoms with Crippen molar-refractivity contribution in [1.29, 1.82) is 0 Å². The Hall–Kier alpha value is -1.16. The maximum Gasteiger partial charge on any atom is 0.337 e. The number of hydrogen-bond donors (Lipinski definition) is 1. The second-order valence-corrected chi connectivity index (χ2v) is 2.69. The molecule has 4 nitrogen and oxygen atoms in total. The molecule has 0 aromatic rings. The van der Waals surface area contributed by atoms with Gasteiger partial charge in [-0.1, -0.05) is 26.3 Å². The number of carbonyl (C=O) groups is 2. The molecule has 0 aromatic heterocycles. The zero-order valence-corrected chi connectivity index (χ0v) is 7.79. The number of esters is 2. The van der Waals surface area contributed by atoms with Gasteiger partial charge < -0.3 is 10.5 Å². The summed E-state index contributed by atoms with van der Waals surface area (Å²) in [6.45, 7) is 5.16. The molecule has 74 valence electrons.